The summed E-state index contributed by atoms with van der Waals surface area (Å²) < 4.78 is 58.5. The van der Waals surface area contributed by atoms with Crippen molar-refractivity contribution < 1.29 is 26.7 Å². The molecule has 0 aliphatic carbocycles. The quantitative estimate of drug-likeness (QED) is 0.547. The molecule has 0 fully saturated rings. The molecule has 0 aliphatic heterocycles. The highest BCUT2D eigenvalue weighted by Crippen LogP contribution is 2.20. The van der Waals surface area contributed by atoms with Crippen LogP contribution < -0.4 is 14.8 Å². The molecule has 3 rings (SSSR count). The van der Waals surface area contributed by atoms with Crippen LogP contribution in [0, 0.1) is 11.6 Å². The van der Waals surface area contributed by atoms with Crippen molar-refractivity contribution >= 4 is 21.6 Å². The van der Waals surface area contributed by atoms with Gasteiger partial charge in [-0.3, -0.25) is 9.52 Å². The van der Waals surface area contributed by atoms with Crippen LogP contribution in [0.5, 0.6) is 5.75 Å². The molecule has 31 heavy (non-hydrogen) atoms. The number of amides is 1. The summed E-state index contributed by atoms with van der Waals surface area (Å²) in [6, 6.07) is 15.9. The van der Waals surface area contributed by atoms with Gasteiger partial charge in [-0.05, 0) is 73.2 Å². The van der Waals surface area contributed by atoms with E-state index in [1.807, 2.05) is 0 Å². The smallest absolute Gasteiger partial charge is 0.261 e. The highest BCUT2D eigenvalue weighted by atomic mass is 32.2. The van der Waals surface area contributed by atoms with Crippen LogP contribution in [0.2, 0.25) is 0 Å². The Bertz CT molecular complexity index is 1130. The first-order valence-electron chi connectivity index (χ1n) is 9.29. The minimum absolute atomic E-state index is 0.0152. The van der Waals surface area contributed by atoms with E-state index in [0.29, 0.717) is 5.75 Å². The van der Waals surface area contributed by atoms with Crippen molar-refractivity contribution in [3.63, 3.8) is 0 Å². The number of sulfonamides is 1. The summed E-state index contributed by atoms with van der Waals surface area (Å²) in [5.74, 6) is -0.902. The molecule has 0 saturated carbocycles. The van der Waals surface area contributed by atoms with Crippen LogP contribution >= 0.6 is 0 Å². The van der Waals surface area contributed by atoms with Gasteiger partial charge in [0.25, 0.3) is 15.9 Å². The van der Waals surface area contributed by atoms with Crippen LogP contribution in [-0.4, -0.2) is 20.9 Å². The zero-order valence-electron chi connectivity index (χ0n) is 16.5. The van der Waals surface area contributed by atoms with Crippen molar-refractivity contribution in [1.82, 2.24) is 5.32 Å². The predicted octanol–water partition coefficient (Wildman–Crippen LogP) is 4.02. The van der Waals surface area contributed by atoms with Gasteiger partial charge in [0.15, 0.2) is 6.61 Å². The van der Waals surface area contributed by atoms with Gasteiger partial charge in [-0.25, -0.2) is 17.2 Å². The van der Waals surface area contributed by atoms with Crippen molar-refractivity contribution in [2.24, 2.45) is 0 Å². The molecule has 0 spiro atoms. The zero-order chi connectivity index (χ0) is 22.4. The van der Waals surface area contributed by atoms with Crippen molar-refractivity contribution in [3.8, 4) is 5.75 Å². The Morgan fingerprint density at radius 1 is 0.903 bits per heavy atom. The SMILES string of the molecule is CC(NC(=O)COc1ccc(S(=O)(=O)Nc2ccc(F)cc2)cc1)c1ccc(F)cc1. The lowest BCUT2D eigenvalue weighted by Gasteiger charge is -2.15. The molecule has 0 saturated heterocycles. The average molecular weight is 446 g/mol. The van der Waals surface area contributed by atoms with Gasteiger partial charge in [-0.2, -0.15) is 0 Å². The number of benzene rings is 3. The molecule has 2 N–H and O–H groups in total. The van der Waals surface area contributed by atoms with Crippen molar-refractivity contribution in [1.29, 1.82) is 0 Å². The van der Waals surface area contributed by atoms with E-state index < -0.39 is 15.8 Å². The van der Waals surface area contributed by atoms with Crippen LogP contribution in [0.1, 0.15) is 18.5 Å². The Balaban J connectivity index is 1.54. The van der Waals surface area contributed by atoms with Crippen LogP contribution in [0.25, 0.3) is 0 Å². The third-order valence-electron chi connectivity index (χ3n) is 4.35. The van der Waals surface area contributed by atoms with Gasteiger partial charge < -0.3 is 10.1 Å². The molecule has 1 unspecified atom stereocenters. The molecule has 9 heteroatoms. The van der Waals surface area contributed by atoms with E-state index in [4.69, 9.17) is 4.74 Å². The highest BCUT2D eigenvalue weighted by molar-refractivity contribution is 7.92. The monoisotopic (exact) mass is 446 g/mol. The van der Waals surface area contributed by atoms with E-state index in [-0.39, 0.29) is 35.0 Å². The number of anilines is 1. The van der Waals surface area contributed by atoms with Gasteiger partial charge in [-0.1, -0.05) is 12.1 Å². The molecule has 0 aliphatic rings. The van der Waals surface area contributed by atoms with Crippen molar-refractivity contribution in [3.05, 3.63) is 90.0 Å². The predicted molar refractivity (Wildman–Crippen MR) is 112 cm³/mol. The minimum Gasteiger partial charge on any atom is -0.484 e. The van der Waals surface area contributed by atoms with Gasteiger partial charge in [0, 0.05) is 5.69 Å². The largest absolute Gasteiger partial charge is 0.484 e. The lowest BCUT2D eigenvalue weighted by Crippen LogP contribution is -2.31. The number of ether oxygens (including phenoxy) is 1. The molecule has 0 heterocycles. The Hall–Kier alpha value is -3.46. The third-order valence-corrected chi connectivity index (χ3v) is 5.75. The Morgan fingerprint density at radius 3 is 2.03 bits per heavy atom. The standard InChI is InChI=1S/C22H20F2N2O4S/c1-15(16-2-4-17(23)5-3-16)25-22(27)14-30-20-10-12-21(13-11-20)31(28,29)26-19-8-6-18(24)7-9-19/h2-13,15,26H,14H2,1H3,(H,25,27). The molecule has 0 radical (unpaired) electrons. The fourth-order valence-electron chi connectivity index (χ4n) is 2.71. The second-order valence-corrected chi connectivity index (χ2v) is 8.40. The summed E-state index contributed by atoms with van der Waals surface area (Å²) in [6.45, 7) is 1.49. The highest BCUT2D eigenvalue weighted by Gasteiger charge is 2.15. The number of carbonyl (C=O) groups is 1. The molecule has 1 atom stereocenters. The summed E-state index contributed by atoms with van der Waals surface area (Å²) >= 11 is 0. The average Bonchev–Trinajstić information content (AvgIpc) is 2.74. The number of hydrogen-bond donors (Lipinski definition) is 2. The fraction of sp³-hybridized carbons (Fsp3) is 0.136. The van der Waals surface area contributed by atoms with Gasteiger partial charge >= 0.3 is 0 Å². The first-order chi connectivity index (χ1) is 14.7. The molecule has 6 nitrogen and oxygen atoms in total. The maximum absolute atomic E-state index is 13.0. The van der Waals surface area contributed by atoms with Crippen LogP contribution in [0.4, 0.5) is 14.5 Å². The third kappa shape index (κ3) is 6.26. The van der Waals surface area contributed by atoms with Gasteiger partial charge in [0.2, 0.25) is 0 Å². The minimum atomic E-state index is -3.86. The second-order valence-electron chi connectivity index (χ2n) is 6.71. The van der Waals surface area contributed by atoms with Crippen LogP contribution in [0.15, 0.2) is 77.7 Å². The van der Waals surface area contributed by atoms with E-state index >= 15 is 0 Å². The Kier molecular flexibility index (Phi) is 6.86. The van der Waals surface area contributed by atoms with E-state index in [0.717, 1.165) is 17.7 Å². The van der Waals surface area contributed by atoms with E-state index in [2.05, 4.69) is 10.0 Å². The van der Waals surface area contributed by atoms with Gasteiger partial charge in [-0.15, -0.1) is 0 Å². The zero-order valence-corrected chi connectivity index (χ0v) is 17.3. The van der Waals surface area contributed by atoms with E-state index in [9.17, 15) is 22.0 Å². The maximum Gasteiger partial charge on any atom is 0.261 e. The number of carbonyl (C=O) groups excluding carboxylic acids is 1. The maximum atomic E-state index is 13.0. The molecule has 162 valence electrons. The first kappa shape index (κ1) is 22.2. The topological polar surface area (TPSA) is 84.5 Å². The lowest BCUT2D eigenvalue weighted by molar-refractivity contribution is -0.123. The molecular weight excluding hydrogens is 426 g/mol. The fourth-order valence-corrected chi connectivity index (χ4v) is 3.77. The summed E-state index contributed by atoms with van der Waals surface area (Å²) in [4.78, 5) is 12.1. The van der Waals surface area contributed by atoms with E-state index in [1.54, 1.807) is 19.1 Å². The second kappa shape index (κ2) is 9.57. The van der Waals surface area contributed by atoms with E-state index in [1.165, 1.54) is 48.5 Å². The van der Waals surface area contributed by atoms with Gasteiger partial charge in [0.05, 0.1) is 10.9 Å². The molecule has 3 aromatic carbocycles. The molecule has 3 aromatic rings. The number of halogens is 2. The summed E-state index contributed by atoms with van der Waals surface area (Å²) in [5, 5.41) is 2.73. The van der Waals surface area contributed by atoms with Crippen molar-refractivity contribution in [2.75, 3.05) is 11.3 Å². The van der Waals surface area contributed by atoms with Crippen LogP contribution in [-0.2, 0) is 14.8 Å². The Labute approximate surface area is 178 Å². The molecular formula is C22H20F2N2O4S. The summed E-state index contributed by atoms with van der Waals surface area (Å²) in [7, 11) is -3.86. The van der Waals surface area contributed by atoms with Crippen molar-refractivity contribution in [2.45, 2.75) is 17.9 Å². The lowest BCUT2D eigenvalue weighted by atomic mass is 10.1. The normalized spacial score (nSPS) is 12.1. The summed E-state index contributed by atoms with van der Waals surface area (Å²) in [5.41, 5.74) is 0.978. The first-order valence-corrected chi connectivity index (χ1v) is 10.8. The molecule has 0 bridgehead atoms. The van der Waals surface area contributed by atoms with Gasteiger partial charge in [0.1, 0.15) is 17.4 Å². The summed E-state index contributed by atoms with van der Waals surface area (Å²) in [6.07, 6.45) is 0. The number of nitrogens with one attached hydrogen (secondary N) is 2. The molecule has 0 aromatic heterocycles. The molecule has 1 amide bonds. The van der Waals surface area contributed by atoms with Crippen LogP contribution in [0.3, 0.4) is 0 Å². The Morgan fingerprint density at radius 2 is 1.45 bits per heavy atom. The number of hydrogen-bond acceptors (Lipinski definition) is 4. The number of rotatable bonds is 8.